The molecule has 0 spiro atoms. The summed E-state index contributed by atoms with van der Waals surface area (Å²) in [6, 6.07) is 19.5. The smallest absolute Gasteiger partial charge is 0.225 e. The van der Waals surface area contributed by atoms with Gasteiger partial charge in [-0.15, -0.1) is 0 Å². The lowest BCUT2D eigenvalue weighted by Gasteiger charge is -2.32. The molecule has 4 nitrogen and oxygen atoms in total. The second kappa shape index (κ2) is 9.11. The number of carbonyl (C=O) groups excluding carboxylic acids is 1. The molecule has 132 valence electrons. The van der Waals surface area contributed by atoms with E-state index < -0.39 is 0 Å². The zero-order valence-electron chi connectivity index (χ0n) is 14.5. The van der Waals surface area contributed by atoms with Crippen LogP contribution in [0.3, 0.4) is 0 Å². The summed E-state index contributed by atoms with van der Waals surface area (Å²) in [7, 11) is 0. The molecule has 0 bridgehead atoms. The third-order valence-electron chi connectivity index (χ3n) is 4.52. The highest BCUT2D eigenvalue weighted by Gasteiger charge is 2.23. The van der Waals surface area contributed by atoms with Crippen molar-refractivity contribution in [2.75, 3.05) is 26.3 Å². The molecule has 25 heavy (non-hydrogen) atoms. The van der Waals surface area contributed by atoms with Crippen LogP contribution in [0.4, 0.5) is 0 Å². The van der Waals surface area contributed by atoms with Crippen molar-refractivity contribution in [3.05, 3.63) is 60.7 Å². The summed E-state index contributed by atoms with van der Waals surface area (Å²) in [6.07, 6.45) is 2.43. The van der Waals surface area contributed by atoms with E-state index in [1.807, 2.05) is 65.6 Å². The lowest BCUT2D eigenvalue weighted by atomic mass is 9.97. The molecule has 1 amide bonds. The molecule has 0 aliphatic carbocycles. The Hall–Kier alpha value is -2.49. The van der Waals surface area contributed by atoms with E-state index in [4.69, 9.17) is 9.47 Å². The van der Waals surface area contributed by atoms with E-state index in [0.717, 1.165) is 44.0 Å². The molecule has 1 fully saturated rings. The molecule has 1 aliphatic heterocycles. The normalized spacial score (nSPS) is 15.0. The van der Waals surface area contributed by atoms with E-state index >= 15 is 0 Å². The molecular formula is C21H25NO3. The van der Waals surface area contributed by atoms with Gasteiger partial charge in [-0.25, -0.2) is 0 Å². The van der Waals surface area contributed by atoms with Crippen LogP contribution in [0.5, 0.6) is 11.5 Å². The van der Waals surface area contributed by atoms with Gasteiger partial charge in [-0.05, 0) is 43.0 Å². The van der Waals surface area contributed by atoms with Gasteiger partial charge in [-0.2, -0.15) is 0 Å². The van der Waals surface area contributed by atoms with E-state index in [2.05, 4.69) is 0 Å². The van der Waals surface area contributed by atoms with Gasteiger partial charge in [0, 0.05) is 13.1 Å². The minimum absolute atomic E-state index is 0.179. The molecule has 3 rings (SSSR count). The number of ether oxygens (including phenoxy) is 2. The lowest BCUT2D eigenvalue weighted by Crippen LogP contribution is -2.40. The largest absolute Gasteiger partial charge is 0.493 e. The molecule has 0 N–H and O–H groups in total. The molecule has 2 aromatic carbocycles. The molecule has 0 aromatic heterocycles. The van der Waals surface area contributed by atoms with Gasteiger partial charge in [0.2, 0.25) is 5.91 Å². The minimum atomic E-state index is 0.179. The predicted molar refractivity (Wildman–Crippen MR) is 97.8 cm³/mol. The first-order chi connectivity index (χ1) is 12.3. The van der Waals surface area contributed by atoms with Gasteiger partial charge < -0.3 is 14.4 Å². The summed E-state index contributed by atoms with van der Waals surface area (Å²) in [5.41, 5.74) is 0. The number of rotatable bonds is 7. The fraction of sp³-hybridized carbons (Fsp3) is 0.381. The molecule has 4 heteroatoms. The fourth-order valence-corrected chi connectivity index (χ4v) is 3.01. The van der Waals surface area contributed by atoms with Crippen LogP contribution in [-0.2, 0) is 4.79 Å². The maximum Gasteiger partial charge on any atom is 0.225 e. The third kappa shape index (κ3) is 5.52. The monoisotopic (exact) mass is 339 g/mol. The number of hydrogen-bond donors (Lipinski definition) is 0. The highest BCUT2D eigenvalue weighted by Crippen LogP contribution is 2.20. The second-order valence-electron chi connectivity index (χ2n) is 6.36. The number of piperidine rings is 1. The van der Waals surface area contributed by atoms with Crippen LogP contribution in [0.15, 0.2) is 60.7 Å². The summed E-state index contributed by atoms with van der Waals surface area (Å²) in [6.45, 7) is 2.78. The molecule has 1 aliphatic rings. The third-order valence-corrected chi connectivity index (χ3v) is 4.52. The Balaban J connectivity index is 1.33. The lowest BCUT2D eigenvalue weighted by molar-refractivity contribution is -0.133. The van der Waals surface area contributed by atoms with Crippen LogP contribution < -0.4 is 9.47 Å². The van der Waals surface area contributed by atoms with Crippen molar-refractivity contribution in [1.29, 1.82) is 0 Å². The van der Waals surface area contributed by atoms with Crippen molar-refractivity contribution in [1.82, 2.24) is 4.90 Å². The molecule has 2 aromatic rings. The van der Waals surface area contributed by atoms with E-state index in [1.54, 1.807) is 0 Å². The number of benzene rings is 2. The van der Waals surface area contributed by atoms with Crippen molar-refractivity contribution < 1.29 is 14.3 Å². The quantitative estimate of drug-likeness (QED) is 0.771. The maximum atomic E-state index is 12.3. The molecular weight excluding hydrogens is 314 g/mol. The fourth-order valence-electron chi connectivity index (χ4n) is 3.01. The molecule has 0 saturated carbocycles. The Morgan fingerprint density at radius 1 is 0.880 bits per heavy atom. The Labute approximate surface area is 149 Å². The van der Waals surface area contributed by atoms with Crippen LogP contribution in [0.2, 0.25) is 0 Å². The number of amides is 1. The standard InChI is InChI=1S/C21H25NO3/c23-21(13-16-24-19-7-3-1-4-8-19)22-14-11-18(12-15-22)17-25-20-9-5-2-6-10-20/h1-10,18H,11-17H2. The van der Waals surface area contributed by atoms with Crippen LogP contribution >= 0.6 is 0 Å². The maximum absolute atomic E-state index is 12.3. The van der Waals surface area contributed by atoms with Crippen molar-refractivity contribution >= 4 is 5.91 Å². The molecule has 0 unspecified atom stereocenters. The second-order valence-corrected chi connectivity index (χ2v) is 6.36. The first kappa shape index (κ1) is 17.3. The van der Waals surface area contributed by atoms with E-state index in [1.165, 1.54) is 0 Å². The van der Waals surface area contributed by atoms with Crippen LogP contribution in [-0.4, -0.2) is 37.1 Å². The topological polar surface area (TPSA) is 38.8 Å². The Morgan fingerprint density at radius 3 is 2.04 bits per heavy atom. The average molecular weight is 339 g/mol. The number of para-hydroxylation sites is 2. The first-order valence-corrected chi connectivity index (χ1v) is 8.95. The van der Waals surface area contributed by atoms with Crippen molar-refractivity contribution in [3.63, 3.8) is 0 Å². The average Bonchev–Trinajstić information content (AvgIpc) is 2.68. The zero-order valence-corrected chi connectivity index (χ0v) is 14.5. The summed E-state index contributed by atoms with van der Waals surface area (Å²) in [4.78, 5) is 14.2. The molecule has 1 saturated heterocycles. The van der Waals surface area contributed by atoms with Crippen LogP contribution in [0.1, 0.15) is 19.3 Å². The van der Waals surface area contributed by atoms with Crippen LogP contribution in [0.25, 0.3) is 0 Å². The minimum Gasteiger partial charge on any atom is -0.493 e. The van der Waals surface area contributed by atoms with Gasteiger partial charge in [0.1, 0.15) is 11.5 Å². The van der Waals surface area contributed by atoms with Gasteiger partial charge in [-0.3, -0.25) is 4.79 Å². The first-order valence-electron chi connectivity index (χ1n) is 8.95. The highest BCUT2D eigenvalue weighted by molar-refractivity contribution is 5.76. The predicted octanol–water partition coefficient (Wildman–Crippen LogP) is 3.77. The van der Waals surface area contributed by atoms with Crippen molar-refractivity contribution in [2.24, 2.45) is 5.92 Å². The zero-order chi connectivity index (χ0) is 17.3. The van der Waals surface area contributed by atoms with Gasteiger partial charge in [0.05, 0.1) is 19.6 Å². The van der Waals surface area contributed by atoms with Crippen LogP contribution in [0, 0.1) is 5.92 Å². The summed E-state index contributed by atoms with van der Waals surface area (Å²) in [5.74, 6) is 2.43. The summed E-state index contributed by atoms with van der Waals surface area (Å²) >= 11 is 0. The number of hydrogen-bond acceptors (Lipinski definition) is 3. The molecule has 0 atom stereocenters. The Kier molecular flexibility index (Phi) is 6.32. The molecule has 1 heterocycles. The highest BCUT2D eigenvalue weighted by atomic mass is 16.5. The van der Waals surface area contributed by atoms with Gasteiger partial charge in [-0.1, -0.05) is 36.4 Å². The van der Waals surface area contributed by atoms with Gasteiger partial charge in [0.15, 0.2) is 0 Å². The number of likely N-dealkylation sites (tertiary alicyclic amines) is 1. The Bertz CT molecular complexity index is 637. The SMILES string of the molecule is O=C(CCOc1ccccc1)N1CCC(COc2ccccc2)CC1. The van der Waals surface area contributed by atoms with Gasteiger partial charge >= 0.3 is 0 Å². The van der Waals surface area contributed by atoms with E-state index in [-0.39, 0.29) is 5.91 Å². The van der Waals surface area contributed by atoms with Gasteiger partial charge in [0.25, 0.3) is 0 Å². The summed E-state index contributed by atoms with van der Waals surface area (Å²) < 4.78 is 11.4. The summed E-state index contributed by atoms with van der Waals surface area (Å²) in [5, 5.41) is 0. The number of carbonyl (C=O) groups is 1. The van der Waals surface area contributed by atoms with E-state index in [9.17, 15) is 4.79 Å². The molecule has 0 radical (unpaired) electrons. The van der Waals surface area contributed by atoms with Crippen molar-refractivity contribution in [2.45, 2.75) is 19.3 Å². The van der Waals surface area contributed by atoms with E-state index in [0.29, 0.717) is 18.9 Å². The number of nitrogens with zero attached hydrogens (tertiary/aromatic N) is 1. The van der Waals surface area contributed by atoms with Crippen molar-refractivity contribution in [3.8, 4) is 11.5 Å². The Morgan fingerprint density at radius 2 is 1.44 bits per heavy atom.